The highest BCUT2D eigenvalue weighted by Crippen LogP contribution is 2.34. The Labute approximate surface area is 146 Å². The van der Waals surface area contributed by atoms with Gasteiger partial charge < -0.3 is 10.1 Å². The van der Waals surface area contributed by atoms with Gasteiger partial charge in [-0.15, -0.1) is 0 Å². The molecule has 0 radical (unpaired) electrons. The first-order valence-corrected chi connectivity index (χ1v) is 8.10. The Morgan fingerprint density at radius 1 is 1.24 bits per heavy atom. The summed E-state index contributed by atoms with van der Waals surface area (Å²) in [5.74, 6) is -0.0809. The number of carbonyl (C=O) groups is 1. The first-order valence-electron chi connectivity index (χ1n) is 8.10. The molecule has 1 N–H and O–H groups in total. The van der Waals surface area contributed by atoms with Gasteiger partial charge in [-0.2, -0.15) is 18.4 Å². The minimum atomic E-state index is -4.67. The summed E-state index contributed by atoms with van der Waals surface area (Å²) >= 11 is 0. The Bertz CT molecular complexity index is 634. The average Bonchev–Trinajstić information content (AvgIpc) is 2.50. The average molecular weight is 356 g/mol. The van der Waals surface area contributed by atoms with E-state index in [0.717, 1.165) is 12.1 Å². The number of benzene rings is 1. The second kappa shape index (κ2) is 8.75. The predicted molar refractivity (Wildman–Crippen MR) is 87.9 cm³/mol. The number of alkyl halides is 3. The number of nitrogens with one attached hydrogen (secondary N) is 1. The monoisotopic (exact) mass is 356 g/mol. The molecule has 0 saturated heterocycles. The van der Waals surface area contributed by atoms with Gasteiger partial charge in [-0.1, -0.05) is 27.7 Å². The van der Waals surface area contributed by atoms with E-state index in [1.165, 1.54) is 12.1 Å². The van der Waals surface area contributed by atoms with E-state index in [1.807, 2.05) is 27.7 Å². The van der Waals surface area contributed by atoms with Crippen LogP contribution in [0.15, 0.2) is 18.2 Å². The number of nitriles is 1. The lowest BCUT2D eigenvalue weighted by atomic mass is 10.0. The second-order valence-electron chi connectivity index (χ2n) is 6.69. The molecule has 0 aliphatic heterocycles. The molecule has 1 unspecified atom stereocenters. The van der Waals surface area contributed by atoms with E-state index in [0.29, 0.717) is 13.0 Å². The lowest BCUT2D eigenvalue weighted by Crippen LogP contribution is -2.40. The van der Waals surface area contributed by atoms with Gasteiger partial charge >= 0.3 is 6.18 Å². The molecule has 0 spiro atoms. The summed E-state index contributed by atoms with van der Waals surface area (Å²) < 4.78 is 44.7. The van der Waals surface area contributed by atoms with E-state index < -0.39 is 23.4 Å². The van der Waals surface area contributed by atoms with Crippen molar-refractivity contribution in [3.05, 3.63) is 29.3 Å². The summed E-state index contributed by atoms with van der Waals surface area (Å²) in [6, 6.07) is 4.61. The molecule has 0 bridgehead atoms. The number of ether oxygens (including phenoxy) is 1. The van der Waals surface area contributed by atoms with Gasteiger partial charge in [0.2, 0.25) is 0 Å². The Balaban J connectivity index is 3.04. The molecule has 1 aromatic carbocycles. The van der Waals surface area contributed by atoms with E-state index in [9.17, 15) is 18.0 Å². The summed E-state index contributed by atoms with van der Waals surface area (Å²) in [4.78, 5) is 12.3. The van der Waals surface area contributed by atoms with Gasteiger partial charge in [-0.3, -0.25) is 4.79 Å². The van der Waals surface area contributed by atoms with E-state index >= 15 is 0 Å². The molecule has 138 valence electrons. The molecule has 7 heteroatoms. The maximum Gasteiger partial charge on any atom is 0.417 e. The van der Waals surface area contributed by atoms with Crippen molar-refractivity contribution in [2.75, 3.05) is 6.54 Å². The summed E-state index contributed by atoms with van der Waals surface area (Å²) in [5.41, 5.74) is -1.55. The van der Waals surface area contributed by atoms with Crippen molar-refractivity contribution < 1.29 is 22.7 Å². The highest BCUT2D eigenvalue weighted by atomic mass is 19.4. The molecule has 0 aromatic heterocycles. The maximum absolute atomic E-state index is 13.0. The number of rotatable bonds is 7. The molecule has 0 fully saturated rings. The van der Waals surface area contributed by atoms with Gasteiger partial charge in [0, 0.05) is 6.54 Å². The molecule has 0 aliphatic rings. The van der Waals surface area contributed by atoms with Crippen LogP contribution in [0.5, 0.6) is 5.75 Å². The van der Waals surface area contributed by atoms with Crippen molar-refractivity contribution in [2.24, 2.45) is 11.8 Å². The van der Waals surface area contributed by atoms with Crippen LogP contribution in [0.1, 0.15) is 45.2 Å². The van der Waals surface area contributed by atoms with Crippen LogP contribution < -0.4 is 10.1 Å². The van der Waals surface area contributed by atoms with Crippen LogP contribution in [-0.4, -0.2) is 18.6 Å². The molecule has 0 aliphatic carbocycles. The first kappa shape index (κ1) is 20.8. The van der Waals surface area contributed by atoms with Gasteiger partial charge in [0.15, 0.2) is 6.10 Å². The van der Waals surface area contributed by atoms with Crippen LogP contribution in [0, 0.1) is 23.2 Å². The zero-order valence-electron chi connectivity index (χ0n) is 14.8. The van der Waals surface area contributed by atoms with Gasteiger partial charge in [-0.05, 0) is 36.5 Å². The number of hydrogen-bond donors (Lipinski definition) is 1. The number of carbonyl (C=O) groups excluding carboxylic acids is 1. The Morgan fingerprint density at radius 2 is 1.88 bits per heavy atom. The van der Waals surface area contributed by atoms with E-state index in [-0.39, 0.29) is 23.5 Å². The second-order valence-corrected chi connectivity index (χ2v) is 6.69. The molecule has 4 nitrogen and oxygen atoms in total. The van der Waals surface area contributed by atoms with Crippen LogP contribution in [0.3, 0.4) is 0 Å². The molecular weight excluding hydrogens is 333 g/mol. The van der Waals surface area contributed by atoms with Crippen LogP contribution in [0.25, 0.3) is 0 Å². The molecule has 1 rings (SSSR count). The summed E-state index contributed by atoms with van der Waals surface area (Å²) in [5, 5.41) is 11.6. The molecule has 0 saturated carbocycles. The van der Waals surface area contributed by atoms with Crippen molar-refractivity contribution in [1.29, 1.82) is 5.26 Å². The molecule has 1 amide bonds. The van der Waals surface area contributed by atoms with Crippen molar-refractivity contribution >= 4 is 5.91 Å². The third-order valence-corrected chi connectivity index (χ3v) is 3.36. The normalized spacial score (nSPS) is 12.8. The van der Waals surface area contributed by atoms with E-state index in [1.54, 1.807) is 0 Å². The zero-order chi connectivity index (χ0) is 19.2. The van der Waals surface area contributed by atoms with E-state index in [4.69, 9.17) is 10.00 Å². The van der Waals surface area contributed by atoms with Crippen LogP contribution >= 0.6 is 0 Å². The zero-order valence-corrected chi connectivity index (χ0v) is 14.8. The smallest absolute Gasteiger partial charge is 0.417 e. The lowest BCUT2D eigenvalue weighted by Gasteiger charge is -2.21. The molecule has 1 aromatic rings. The maximum atomic E-state index is 13.0. The minimum Gasteiger partial charge on any atom is -0.481 e. The third-order valence-electron chi connectivity index (χ3n) is 3.36. The lowest BCUT2D eigenvalue weighted by molar-refractivity contribution is -0.137. The largest absolute Gasteiger partial charge is 0.481 e. The summed E-state index contributed by atoms with van der Waals surface area (Å²) in [6.45, 7) is 8.12. The van der Waals surface area contributed by atoms with E-state index in [2.05, 4.69) is 5.32 Å². The van der Waals surface area contributed by atoms with Crippen LogP contribution in [0.2, 0.25) is 0 Å². The van der Waals surface area contributed by atoms with Crippen molar-refractivity contribution in [1.82, 2.24) is 5.32 Å². The SMILES string of the molecule is CC(C)CNC(=O)C(CC(C)C)Oc1ccc(C#N)c(C(F)(F)F)c1. The van der Waals surface area contributed by atoms with Crippen molar-refractivity contribution in [3.63, 3.8) is 0 Å². The fourth-order valence-electron chi connectivity index (χ4n) is 2.15. The van der Waals surface area contributed by atoms with Gasteiger partial charge in [0.1, 0.15) is 5.75 Å². The number of nitrogens with zero attached hydrogens (tertiary/aromatic N) is 1. The highest BCUT2D eigenvalue weighted by Gasteiger charge is 2.34. The fraction of sp³-hybridized carbons (Fsp3) is 0.556. The van der Waals surface area contributed by atoms with Gasteiger partial charge in [-0.25, -0.2) is 0 Å². The Hall–Kier alpha value is -2.23. The molecule has 0 heterocycles. The minimum absolute atomic E-state index is 0.0864. The summed E-state index contributed by atoms with van der Waals surface area (Å²) in [6.07, 6.45) is -5.20. The quantitative estimate of drug-likeness (QED) is 0.798. The third kappa shape index (κ3) is 6.65. The summed E-state index contributed by atoms with van der Waals surface area (Å²) in [7, 11) is 0. The number of amides is 1. The van der Waals surface area contributed by atoms with Crippen LogP contribution in [-0.2, 0) is 11.0 Å². The first-order chi connectivity index (χ1) is 11.5. The number of hydrogen-bond acceptors (Lipinski definition) is 3. The van der Waals surface area contributed by atoms with Crippen molar-refractivity contribution in [2.45, 2.75) is 46.4 Å². The highest BCUT2D eigenvalue weighted by molar-refractivity contribution is 5.81. The number of halogens is 3. The van der Waals surface area contributed by atoms with Gasteiger partial charge in [0.25, 0.3) is 5.91 Å². The Kier molecular flexibility index (Phi) is 7.28. The van der Waals surface area contributed by atoms with Crippen molar-refractivity contribution in [3.8, 4) is 11.8 Å². The fourth-order valence-corrected chi connectivity index (χ4v) is 2.15. The Morgan fingerprint density at radius 3 is 2.36 bits per heavy atom. The molecule has 25 heavy (non-hydrogen) atoms. The van der Waals surface area contributed by atoms with Gasteiger partial charge in [0.05, 0.1) is 17.2 Å². The molecular formula is C18H23F3N2O2. The van der Waals surface area contributed by atoms with Crippen LogP contribution in [0.4, 0.5) is 13.2 Å². The topological polar surface area (TPSA) is 62.1 Å². The molecule has 1 atom stereocenters. The predicted octanol–water partition coefficient (Wildman–Crippen LogP) is 4.14. The standard InChI is InChI=1S/C18H23F3N2O2/c1-11(2)7-16(17(24)23-10-12(3)4)25-14-6-5-13(9-22)15(8-14)18(19,20)21/h5-6,8,11-12,16H,7,10H2,1-4H3,(H,23,24).